The van der Waals surface area contributed by atoms with Gasteiger partial charge in [-0.15, -0.1) is 5.73 Å². The molecule has 0 aromatic heterocycles. The molecule has 0 aliphatic heterocycles. The molecule has 0 saturated carbocycles. The molecule has 1 aliphatic carbocycles. The largest absolute Gasteiger partial charge is 0.402 e. The highest BCUT2D eigenvalue weighted by Gasteiger charge is 2.01. The maximum atomic E-state index is 5.69. The van der Waals surface area contributed by atoms with Crippen LogP contribution >= 0.6 is 0 Å². The van der Waals surface area contributed by atoms with E-state index >= 15 is 0 Å². The van der Waals surface area contributed by atoms with Crippen molar-refractivity contribution in [2.75, 3.05) is 0 Å². The lowest BCUT2D eigenvalue weighted by molar-refractivity contribution is 0.892. The minimum atomic E-state index is 0.775. The van der Waals surface area contributed by atoms with Crippen LogP contribution < -0.4 is 11.1 Å². The predicted octanol–water partition coefficient (Wildman–Crippen LogP) is 1.95. The zero-order valence-corrected chi connectivity index (χ0v) is 7.64. The van der Waals surface area contributed by atoms with Gasteiger partial charge in [0.2, 0.25) is 0 Å². The number of nitrogens with one attached hydrogen (secondary N) is 1. The highest BCUT2D eigenvalue weighted by Crippen LogP contribution is 2.12. The summed E-state index contributed by atoms with van der Waals surface area (Å²) in [5.41, 5.74) is 11.1. The second-order valence-electron chi connectivity index (χ2n) is 2.84. The smallest absolute Gasteiger partial charge is 0.0805 e. The van der Waals surface area contributed by atoms with Crippen LogP contribution in [0, 0.1) is 0 Å². The number of hydrogen-bond donors (Lipinski definition) is 2. The van der Waals surface area contributed by atoms with Gasteiger partial charge in [-0.25, -0.2) is 0 Å². The molecule has 2 heteroatoms. The van der Waals surface area contributed by atoms with E-state index in [0.29, 0.717) is 0 Å². The normalized spacial score (nSPS) is 15.1. The number of rotatable bonds is 3. The van der Waals surface area contributed by atoms with E-state index in [9.17, 15) is 0 Å². The summed E-state index contributed by atoms with van der Waals surface area (Å²) in [4.78, 5) is 0. The first-order chi connectivity index (χ1) is 6.26. The van der Waals surface area contributed by atoms with Crippen molar-refractivity contribution in [3.8, 4) is 0 Å². The highest BCUT2D eigenvalue weighted by molar-refractivity contribution is 5.30. The molecule has 1 rings (SSSR count). The molecule has 1 aliphatic rings. The number of hydrogen-bond acceptors (Lipinski definition) is 2. The van der Waals surface area contributed by atoms with Gasteiger partial charge in [0.05, 0.1) is 5.70 Å². The van der Waals surface area contributed by atoms with Gasteiger partial charge < -0.3 is 11.1 Å². The lowest BCUT2D eigenvalue weighted by Gasteiger charge is -2.12. The molecule has 0 unspecified atom stereocenters. The summed E-state index contributed by atoms with van der Waals surface area (Å²) in [6.45, 7) is 7.18. The Bertz CT molecular complexity index is 315. The lowest BCUT2D eigenvalue weighted by Crippen LogP contribution is -2.13. The molecule has 0 bridgehead atoms. The van der Waals surface area contributed by atoms with Gasteiger partial charge in [-0.1, -0.05) is 19.2 Å². The van der Waals surface area contributed by atoms with Crippen LogP contribution in [0.15, 0.2) is 54.2 Å². The first-order valence-electron chi connectivity index (χ1n) is 4.22. The van der Waals surface area contributed by atoms with Gasteiger partial charge in [-0.2, -0.15) is 0 Å². The third-order valence-corrected chi connectivity index (χ3v) is 1.81. The fourth-order valence-corrected chi connectivity index (χ4v) is 1.14. The molecule has 0 spiro atoms. The lowest BCUT2D eigenvalue weighted by atomic mass is 10.1. The molecule has 0 atom stereocenters. The molecule has 68 valence electrons. The molecule has 0 aromatic carbocycles. The minimum Gasteiger partial charge on any atom is -0.402 e. The Kier molecular flexibility index (Phi) is 3.18. The average Bonchev–Trinajstić information content (AvgIpc) is 2.14. The van der Waals surface area contributed by atoms with Gasteiger partial charge in [-0.05, 0) is 25.0 Å². The van der Waals surface area contributed by atoms with Gasteiger partial charge in [0.25, 0.3) is 0 Å². The van der Waals surface area contributed by atoms with E-state index in [1.807, 2.05) is 6.08 Å². The summed E-state index contributed by atoms with van der Waals surface area (Å²) in [5, 5.41) is 3.12. The van der Waals surface area contributed by atoms with Crippen LogP contribution in [0.3, 0.4) is 0 Å². The maximum absolute atomic E-state index is 5.69. The van der Waals surface area contributed by atoms with Crippen LogP contribution in [0.25, 0.3) is 0 Å². The molecular weight excluding hydrogens is 160 g/mol. The van der Waals surface area contributed by atoms with Gasteiger partial charge in [0.1, 0.15) is 0 Å². The summed E-state index contributed by atoms with van der Waals surface area (Å²) in [5.74, 6) is 0. The van der Waals surface area contributed by atoms with Crippen LogP contribution in [0.5, 0.6) is 0 Å². The molecule has 0 saturated heterocycles. The van der Waals surface area contributed by atoms with Crippen LogP contribution in [-0.4, -0.2) is 0 Å². The Morgan fingerprint density at radius 2 is 2.46 bits per heavy atom. The van der Waals surface area contributed by atoms with Gasteiger partial charge in [0, 0.05) is 11.4 Å². The molecule has 13 heavy (non-hydrogen) atoms. The van der Waals surface area contributed by atoms with Crippen molar-refractivity contribution < 1.29 is 0 Å². The van der Waals surface area contributed by atoms with Crippen molar-refractivity contribution in [1.29, 1.82) is 0 Å². The van der Waals surface area contributed by atoms with E-state index in [2.05, 4.69) is 30.3 Å². The summed E-state index contributed by atoms with van der Waals surface area (Å²) >= 11 is 0. The van der Waals surface area contributed by atoms with E-state index in [1.165, 1.54) is 0 Å². The molecule has 0 aromatic rings. The van der Waals surface area contributed by atoms with Crippen molar-refractivity contribution in [2.45, 2.75) is 12.8 Å². The third kappa shape index (κ3) is 2.69. The zero-order valence-electron chi connectivity index (χ0n) is 7.64. The highest BCUT2D eigenvalue weighted by atomic mass is 14.9. The maximum Gasteiger partial charge on any atom is 0.0805 e. The van der Waals surface area contributed by atoms with Crippen molar-refractivity contribution >= 4 is 0 Å². The fraction of sp³-hybridized carbons (Fsp3) is 0.182. The third-order valence-electron chi connectivity index (χ3n) is 1.81. The average molecular weight is 174 g/mol. The van der Waals surface area contributed by atoms with Crippen molar-refractivity contribution in [3.05, 3.63) is 54.2 Å². The van der Waals surface area contributed by atoms with Crippen LogP contribution in [-0.2, 0) is 0 Å². The predicted molar refractivity (Wildman–Crippen MR) is 55.6 cm³/mol. The molecule has 0 fully saturated rings. The van der Waals surface area contributed by atoms with Gasteiger partial charge >= 0.3 is 0 Å². The fourth-order valence-electron chi connectivity index (χ4n) is 1.14. The van der Waals surface area contributed by atoms with Crippen LogP contribution in [0.4, 0.5) is 0 Å². The monoisotopic (exact) mass is 174 g/mol. The summed E-state index contributed by atoms with van der Waals surface area (Å²) < 4.78 is 0. The molecule has 0 amide bonds. The summed E-state index contributed by atoms with van der Waals surface area (Å²) in [6, 6.07) is 0. The second kappa shape index (κ2) is 4.39. The van der Waals surface area contributed by atoms with Crippen LogP contribution in [0.2, 0.25) is 0 Å². The van der Waals surface area contributed by atoms with Gasteiger partial charge in [0.15, 0.2) is 0 Å². The molecular formula is C11H14N2. The Hall–Kier alpha value is -1.66. The summed E-state index contributed by atoms with van der Waals surface area (Å²) in [6.07, 6.45) is 7.60. The van der Waals surface area contributed by atoms with Crippen molar-refractivity contribution in [1.82, 2.24) is 5.32 Å². The summed E-state index contributed by atoms with van der Waals surface area (Å²) in [7, 11) is 0. The Labute approximate surface area is 78.8 Å². The zero-order chi connectivity index (χ0) is 9.68. The molecule has 2 nitrogen and oxygen atoms in total. The standard InChI is InChI=1S/C11H14N2/c1-3-10(4-2)13-11-7-5-6-9(12)8-11/h3,7-8,13H,1-2,5-6,12H2. The molecule has 0 heterocycles. The molecule has 0 radical (unpaired) electrons. The second-order valence-corrected chi connectivity index (χ2v) is 2.84. The number of nitrogens with two attached hydrogens (primary N) is 1. The van der Waals surface area contributed by atoms with E-state index in [1.54, 1.807) is 6.08 Å². The Balaban J connectivity index is 2.70. The van der Waals surface area contributed by atoms with Crippen molar-refractivity contribution in [3.63, 3.8) is 0 Å². The van der Waals surface area contributed by atoms with Crippen molar-refractivity contribution in [2.24, 2.45) is 5.73 Å². The Morgan fingerprint density at radius 3 is 3.00 bits per heavy atom. The number of allylic oxidation sites excluding steroid dienone is 4. The Morgan fingerprint density at radius 1 is 1.69 bits per heavy atom. The first kappa shape index (κ1) is 9.43. The quantitative estimate of drug-likeness (QED) is 0.507. The van der Waals surface area contributed by atoms with Gasteiger partial charge in [-0.3, -0.25) is 0 Å². The first-order valence-corrected chi connectivity index (χ1v) is 4.22. The SMILES string of the molecule is C=C=C(C=C)NC1=CCCC(N)=C1. The topological polar surface area (TPSA) is 38.0 Å². The van der Waals surface area contributed by atoms with E-state index in [-0.39, 0.29) is 0 Å². The minimum absolute atomic E-state index is 0.775. The molecule has 3 N–H and O–H groups in total. The van der Waals surface area contributed by atoms with E-state index in [4.69, 9.17) is 5.73 Å². The van der Waals surface area contributed by atoms with Crippen LogP contribution in [0.1, 0.15) is 12.8 Å². The van der Waals surface area contributed by atoms with E-state index in [0.717, 1.165) is 29.9 Å². The van der Waals surface area contributed by atoms with E-state index < -0.39 is 0 Å².